The van der Waals surface area contributed by atoms with Gasteiger partial charge in [-0.25, -0.2) is 0 Å². The number of esters is 1. The molecule has 4 aliphatic rings. The lowest BCUT2D eigenvalue weighted by Gasteiger charge is -2.35. The zero-order chi connectivity index (χ0) is 33.1. The van der Waals surface area contributed by atoms with Crippen molar-refractivity contribution in [2.75, 3.05) is 38.3 Å². The molecule has 0 aromatic heterocycles. The van der Waals surface area contributed by atoms with E-state index in [0.717, 1.165) is 0 Å². The van der Waals surface area contributed by atoms with Gasteiger partial charge in [0.25, 0.3) is 5.91 Å². The van der Waals surface area contributed by atoms with Gasteiger partial charge in [0.05, 0.1) is 24.7 Å². The number of nitrogens with zero attached hydrogens (tertiary/aromatic N) is 2. The summed E-state index contributed by atoms with van der Waals surface area (Å²) < 4.78 is 18.4. The van der Waals surface area contributed by atoms with Crippen LogP contribution in [0.2, 0.25) is 5.02 Å². The van der Waals surface area contributed by atoms with E-state index < -0.39 is 53.6 Å². The minimum Gasteiger partial charge on any atom is -0.455 e. The number of hydrogen-bond donors (Lipinski definition) is 2. The largest absolute Gasteiger partial charge is 0.455 e. The molecule has 47 heavy (non-hydrogen) atoms. The first-order chi connectivity index (χ1) is 22.8. The second-order valence-corrected chi connectivity index (χ2v) is 12.6. The summed E-state index contributed by atoms with van der Waals surface area (Å²) in [5.41, 5.74) is -0.259. The molecular formula is C35H38ClN3O8. The number of carbonyl (C=O) groups excluding carboxylic acids is 4. The van der Waals surface area contributed by atoms with Gasteiger partial charge in [0, 0.05) is 43.9 Å². The van der Waals surface area contributed by atoms with Crippen molar-refractivity contribution in [2.24, 2.45) is 11.8 Å². The van der Waals surface area contributed by atoms with Crippen molar-refractivity contribution in [1.29, 1.82) is 0 Å². The lowest BCUT2D eigenvalue weighted by molar-refractivity contribution is -0.162. The summed E-state index contributed by atoms with van der Waals surface area (Å²) >= 11 is 6.12. The average Bonchev–Trinajstić information content (AvgIpc) is 3.45. The summed E-state index contributed by atoms with van der Waals surface area (Å²) in [6, 6.07) is 14.1. The predicted molar refractivity (Wildman–Crippen MR) is 172 cm³/mol. The van der Waals surface area contributed by atoms with Crippen molar-refractivity contribution in [3.63, 3.8) is 0 Å². The normalized spacial score (nSPS) is 31.6. The number of nitrogens with one attached hydrogen (secondary N) is 1. The zero-order valence-corrected chi connectivity index (χ0v) is 26.8. The maximum atomic E-state index is 14.5. The first kappa shape index (κ1) is 32.9. The van der Waals surface area contributed by atoms with Crippen LogP contribution in [0.1, 0.15) is 30.9 Å². The SMILES string of the molecule is COC[C@H]1NC(=O)CC/C=C\[C@H]2O[C@]34C=CCN(c5ccc(Cl)cc5)C(=O)[C@H]3N(CCCO)C(=O)[C@@H]4[C@H]2C(=O)O[C@@H]1c1ccccc1. The number of rotatable bonds is 7. The highest BCUT2D eigenvalue weighted by atomic mass is 35.5. The molecule has 2 N–H and O–H groups in total. The number of methoxy groups -OCH3 is 1. The highest BCUT2D eigenvalue weighted by Gasteiger charge is 2.71. The number of aliphatic hydroxyl groups excluding tert-OH is 1. The number of likely N-dealkylation sites (tertiary alicyclic amines) is 1. The maximum absolute atomic E-state index is 14.5. The van der Waals surface area contributed by atoms with Crippen LogP contribution in [0.25, 0.3) is 0 Å². The smallest absolute Gasteiger partial charge is 0.313 e. The zero-order valence-electron chi connectivity index (χ0n) is 26.0. The summed E-state index contributed by atoms with van der Waals surface area (Å²) in [5.74, 6) is -3.93. The highest BCUT2D eigenvalue weighted by molar-refractivity contribution is 6.30. The second kappa shape index (κ2) is 14.0. The molecule has 7 atom stereocenters. The number of fused-ring (bicyclic) bond motifs is 2. The average molecular weight is 664 g/mol. The number of cyclic esters (lactones) is 1. The monoisotopic (exact) mass is 663 g/mol. The van der Waals surface area contributed by atoms with Crippen LogP contribution in [0.4, 0.5) is 5.69 Å². The van der Waals surface area contributed by atoms with E-state index in [0.29, 0.717) is 22.7 Å². The molecule has 248 valence electrons. The Morgan fingerprint density at radius 2 is 1.81 bits per heavy atom. The van der Waals surface area contributed by atoms with Gasteiger partial charge in [-0.15, -0.1) is 0 Å². The van der Waals surface area contributed by atoms with Gasteiger partial charge >= 0.3 is 5.97 Å². The molecule has 0 bridgehead atoms. The third-order valence-corrected chi connectivity index (χ3v) is 9.51. The van der Waals surface area contributed by atoms with Crippen molar-refractivity contribution in [1.82, 2.24) is 10.2 Å². The number of carbonyl (C=O) groups is 4. The Morgan fingerprint density at radius 3 is 2.53 bits per heavy atom. The second-order valence-electron chi connectivity index (χ2n) is 12.1. The fourth-order valence-corrected chi connectivity index (χ4v) is 7.35. The Kier molecular flexibility index (Phi) is 9.79. The van der Waals surface area contributed by atoms with Crippen LogP contribution in [-0.4, -0.2) is 90.9 Å². The minimum absolute atomic E-state index is 0.0695. The number of halogens is 1. The van der Waals surface area contributed by atoms with E-state index in [2.05, 4.69) is 5.32 Å². The van der Waals surface area contributed by atoms with Gasteiger partial charge in [-0.3, -0.25) is 19.2 Å². The van der Waals surface area contributed by atoms with E-state index >= 15 is 0 Å². The maximum Gasteiger partial charge on any atom is 0.313 e. The lowest BCUT2D eigenvalue weighted by atomic mass is 9.77. The molecule has 4 heterocycles. The van der Waals surface area contributed by atoms with Crippen molar-refractivity contribution in [2.45, 2.75) is 49.2 Å². The van der Waals surface area contributed by atoms with Gasteiger partial charge in [-0.1, -0.05) is 66.2 Å². The first-order valence-electron chi connectivity index (χ1n) is 15.8. The van der Waals surface area contributed by atoms with Gasteiger partial charge < -0.3 is 34.4 Å². The molecule has 0 aliphatic carbocycles. The van der Waals surface area contributed by atoms with Gasteiger partial charge in [0.2, 0.25) is 11.8 Å². The molecule has 2 aromatic carbocycles. The number of hydrogen-bond acceptors (Lipinski definition) is 8. The number of ether oxygens (including phenoxy) is 3. The number of amides is 3. The van der Waals surface area contributed by atoms with Gasteiger partial charge in [0.15, 0.2) is 0 Å². The summed E-state index contributed by atoms with van der Waals surface area (Å²) in [4.78, 5) is 59.4. The van der Waals surface area contributed by atoms with Crippen LogP contribution >= 0.6 is 11.6 Å². The highest BCUT2D eigenvalue weighted by Crippen LogP contribution is 2.53. The molecule has 6 rings (SSSR count). The van der Waals surface area contributed by atoms with E-state index in [9.17, 15) is 24.3 Å². The summed E-state index contributed by atoms with van der Waals surface area (Å²) in [6.45, 7) is 0.170. The molecule has 12 heteroatoms. The Morgan fingerprint density at radius 1 is 1.04 bits per heavy atom. The molecule has 4 aliphatic heterocycles. The van der Waals surface area contributed by atoms with Crippen molar-refractivity contribution < 1.29 is 38.5 Å². The Bertz CT molecular complexity index is 1550. The molecule has 3 amide bonds. The fourth-order valence-electron chi connectivity index (χ4n) is 7.22. The van der Waals surface area contributed by atoms with Gasteiger partial charge in [-0.05, 0) is 42.7 Å². The molecule has 0 radical (unpaired) electrons. The fraction of sp³-hybridized carbons (Fsp3) is 0.429. The molecule has 2 fully saturated rings. The Balaban J connectivity index is 1.43. The van der Waals surface area contributed by atoms with Crippen LogP contribution < -0.4 is 10.2 Å². The topological polar surface area (TPSA) is 135 Å². The van der Waals surface area contributed by atoms with Crippen LogP contribution in [-0.2, 0) is 33.4 Å². The molecule has 0 unspecified atom stereocenters. The Hall–Kier alpha value is -4.03. The number of benzene rings is 2. The predicted octanol–water partition coefficient (Wildman–Crippen LogP) is 2.97. The number of allylic oxidation sites excluding steroid dienone is 1. The third kappa shape index (κ3) is 6.20. The van der Waals surface area contributed by atoms with Crippen LogP contribution in [0.5, 0.6) is 0 Å². The quantitative estimate of drug-likeness (QED) is 0.341. The number of aliphatic hydroxyl groups is 1. The van der Waals surface area contributed by atoms with Crippen LogP contribution in [0.15, 0.2) is 78.9 Å². The van der Waals surface area contributed by atoms with E-state index in [1.807, 2.05) is 18.2 Å². The summed E-state index contributed by atoms with van der Waals surface area (Å²) in [7, 11) is 1.50. The third-order valence-electron chi connectivity index (χ3n) is 9.25. The van der Waals surface area contributed by atoms with E-state index in [1.165, 1.54) is 12.0 Å². The Labute approximate surface area is 278 Å². The van der Waals surface area contributed by atoms with Crippen molar-refractivity contribution in [3.8, 4) is 0 Å². The van der Waals surface area contributed by atoms with E-state index in [1.54, 1.807) is 65.6 Å². The van der Waals surface area contributed by atoms with Crippen LogP contribution in [0, 0.1) is 11.8 Å². The first-order valence-corrected chi connectivity index (χ1v) is 16.2. The standard InChI is InChI=1S/C35H38ClN3O8/c1-45-21-25-30(22-9-3-2-4-10-22)46-34(44)28-26(11-5-6-12-27(41)37-25)47-35-17-7-18-38(24-15-13-23(36)14-16-24)33(43)31(35)39(19-8-20-40)32(42)29(28)35/h2-5,7,9-11,13-17,25-26,28-31,40H,6,8,12,18-21H2,1H3,(H,37,41)/b11-5-/t25-,26-,28+,29+,30-,31-,35+/m1/s1. The van der Waals surface area contributed by atoms with E-state index in [-0.39, 0.29) is 51.0 Å². The van der Waals surface area contributed by atoms with Crippen molar-refractivity contribution in [3.05, 3.63) is 89.5 Å². The molecule has 0 saturated carbocycles. The summed E-state index contributed by atoms with van der Waals surface area (Å²) in [5, 5.41) is 13.2. The van der Waals surface area contributed by atoms with Crippen molar-refractivity contribution >= 4 is 41.0 Å². The molecule has 2 saturated heterocycles. The molecular weight excluding hydrogens is 626 g/mol. The molecule has 1 spiro atoms. The minimum atomic E-state index is -1.49. The molecule has 2 aromatic rings. The summed E-state index contributed by atoms with van der Waals surface area (Å²) in [6.07, 6.45) is 5.90. The lowest BCUT2D eigenvalue weighted by Crippen LogP contribution is -2.55. The van der Waals surface area contributed by atoms with E-state index in [4.69, 9.17) is 25.8 Å². The van der Waals surface area contributed by atoms with Gasteiger partial charge in [0.1, 0.15) is 23.7 Å². The molecule has 11 nitrogen and oxygen atoms in total. The van der Waals surface area contributed by atoms with Crippen LogP contribution in [0.3, 0.4) is 0 Å². The van der Waals surface area contributed by atoms with Gasteiger partial charge in [-0.2, -0.15) is 0 Å². The number of anilines is 1.